The number of rotatable bonds is 3. The molecule has 0 aliphatic heterocycles. The molecule has 0 radical (unpaired) electrons. The molecule has 0 bridgehead atoms. The van der Waals surface area contributed by atoms with Crippen molar-refractivity contribution in [1.82, 2.24) is 0 Å². The van der Waals surface area contributed by atoms with Crippen LogP contribution >= 0.6 is 11.8 Å². The maximum atomic E-state index is 11.7. The van der Waals surface area contributed by atoms with Crippen LogP contribution in [0.3, 0.4) is 0 Å². The Kier molecular flexibility index (Phi) is 4.44. The summed E-state index contributed by atoms with van der Waals surface area (Å²) in [5.74, 6) is -0.626. The molecule has 6 heteroatoms. The summed E-state index contributed by atoms with van der Waals surface area (Å²) in [6.45, 7) is 1.33. The summed E-state index contributed by atoms with van der Waals surface area (Å²) in [6, 6.07) is 0. The topological polar surface area (TPSA) is 26.3 Å². The van der Waals surface area contributed by atoms with Crippen molar-refractivity contribution in [2.24, 2.45) is 0 Å². The van der Waals surface area contributed by atoms with Crippen molar-refractivity contribution in [3.05, 3.63) is 0 Å². The van der Waals surface area contributed by atoms with Gasteiger partial charge in [0.1, 0.15) is 0 Å². The molecule has 2 nitrogen and oxygen atoms in total. The first-order chi connectivity index (χ1) is 5.35. The quantitative estimate of drug-likeness (QED) is 0.656. The zero-order valence-corrected chi connectivity index (χ0v) is 7.46. The Morgan fingerprint density at radius 3 is 2.42 bits per heavy atom. The van der Waals surface area contributed by atoms with Gasteiger partial charge in [0.2, 0.25) is 0 Å². The first-order valence-electron chi connectivity index (χ1n) is 3.16. The number of alkyl halides is 3. The fourth-order valence-corrected chi connectivity index (χ4v) is 1.26. The van der Waals surface area contributed by atoms with Gasteiger partial charge in [0.25, 0.3) is 0 Å². The molecule has 0 amide bonds. The third-order valence-corrected chi connectivity index (χ3v) is 1.85. The number of hydrogen-bond donors (Lipinski definition) is 0. The monoisotopic (exact) mass is 202 g/mol. The molecule has 0 aromatic heterocycles. The summed E-state index contributed by atoms with van der Waals surface area (Å²) in [4.78, 5) is 10.5. The molecule has 1 unspecified atom stereocenters. The van der Waals surface area contributed by atoms with E-state index in [1.807, 2.05) is 0 Å². The van der Waals surface area contributed by atoms with E-state index in [4.69, 9.17) is 0 Å². The molecule has 0 aromatic carbocycles. The average Bonchev–Trinajstić information content (AvgIpc) is 1.82. The second-order valence-electron chi connectivity index (χ2n) is 2.15. The Bertz CT molecular complexity index is 157. The summed E-state index contributed by atoms with van der Waals surface area (Å²) in [6.07, 6.45) is -0.222. The van der Waals surface area contributed by atoms with E-state index in [1.54, 1.807) is 0 Å². The number of carbonyl (C=O) groups is 1. The Morgan fingerprint density at radius 2 is 2.08 bits per heavy atom. The van der Waals surface area contributed by atoms with Crippen molar-refractivity contribution < 1.29 is 22.7 Å². The number of thioether (sulfide) groups is 1. The highest BCUT2D eigenvalue weighted by atomic mass is 32.2. The second-order valence-corrected chi connectivity index (χ2v) is 3.66. The molecule has 0 aliphatic carbocycles. The van der Waals surface area contributed by atoms with Crippen LogP contribution in [-0.2, 0) is 9.53 Å². The highest BCUT2D eigenvalue weighted by Gasteiger charge is 2.31. The molecule has 0 rings (SSSR count). The van der Waals surface area contributed by atoms with Crippen molar-refractivity contribution in [3.8, 4) is 0 Å². The van der Waals surface area contributed by atoms with Crippen molar-refractivity contribution in [3.63, 3.8) is 0 Å². The summed E-state index contributed by atoms with van der Waals surface area (Å²) >= 11 is -0.200. The van der Waals surface area contributed by atoms with Crippen molar-refractivity contribution in [2.45, 2.75) is 24.1 Å². The van der Waals surface area contributed by atoms with Gasteiger partial charge in [-0.05, 0) is 11.8 Å². The van der Waals surface area contributed by atoms with Gasteiger partial charge in [0.15, 0.2) is 0 Å². The fraction of sp³-hybridized carbons (Fsp3) is 0.833. The van der Waals surface area contributed by atoms with E-state index in [-0.39, 0.29) is 18.2 Å². The zero-order valence-electron chi connectivity index (χ0n) is 6.64. The van der Waals surface area contributed by atoms with Gasteiger partial charge in [-0.15, -0.1) is 0 Å². The molecule has 0 N–H and O–H groups in total. The van der Waals surface area contributed by atoms with Gasteiger partial charge >= 0.3 is 11.5 Å². The number of esters is 1. The molecule has 0 spiro atoms. The van der Waals surface area contributed by atoms with Gasteiger partial charge in [-0.1, -0.05) is 6.92 Å². The normalized spacial score (nSPS) is 14.1. The standard InChI is InChI=1S/C6H9F3O2S/c1-4(3-5(10)11-2)12-6(7,8)9/h4H,3H2,1-2H3. The first kappa shape index (κ1) is 11.6. The first-order valence-corrected chi connectivity index (χ1v) is 4.04. The smallest absolute Gasteiger partial charge is 0.442 e. The molecular formula is C6H9F3O2S. The van der Waals surface area contributed by atoms with Crippen molar-refractivity contribution in [2.75, 3.05) is 7.11 Å². The number of halogens is 3. The molecule has 12 heavy (non-hydrogen) atoms. The van der Waals surface area contributed by atoms with E-state index in [0.717, 1.165) is 7.11 Å². The minimum Gasteiger partial charge on any atom is -0.469 e. The lowest BCUT2D eigenvalue weighted by Gasteiger charge is -2.11. The summed E-state index contributed by atoms with van der Waals surface area (Å²) < 4.78 is 39.2. The average molecular weight is 202 g/mol. The maximum Gasteiger partial charge on any atom is 0.442 e. The lowest BCUT2D eigenvalue weighted by Crippen LogP contribution is -2.13. The minimum absolute atomic E-state index is 0.200. The SMILES string of the molecule is COC(=O)CC(C)SC(F)(F)F. The highest BCUT2D eigenvalue weighted by molar-refractivity contribution is 8.00. The summed E-state index contributed by atoms with van der Waals surface area (Å²) in [7, 11) is 1.15. The maximum absolute atomic E-state index is 11.7. The molecule has 0 fully saturated rings. The third-order valence-electron chi connectivity index (χ3n) is 1.02. The fourth-order valence-electron chi connectivity index (χ4n) is 0.588. The molecule has 0 saturated carbocycles. The minimum atomic E-state index is -4.28. The van der Waals surface area contributed by atoms with Crippen LogP contribution < -0.4 is 0 Å². The van der Waals surface area contributed by atoms with Crippen LogP contribution in [0.4, 0.5) is 13.2 Å². The van der Waals surface area contributed by atoms with Gasteiger partial charge in [-0.2, -0.15) is 13.2 Å². The van der Waals surface area contributed by atoms with Gasteiger partial charge in [0.05, 0.1) is 13.5 Å². The van der Waals surface area contributed by atoms with Crippen LogP contribution in [0.2, 0.25) is 0 Å². The van der Waals surface area contributed by atoms with Crippen LogP contribution in [0.15, 0.2) is 0 Å². The van der Waals surface area contributed by atoms with E-state index in [2.05, 4.69) is 4.74 Å². The van der Waals surface area contributed by atoms with Gasteiger partial charge in [-0.25, -0.2) is 0 Å². The molecule has 0 aromatic rings. The number of methoxy groups -OCH3 is 1. The van der Waals surface area contributed by atoms with Crippen LogP contribution in [0.25, 0.3) is 0 Å². The predicted octanol–water partition coefficient (Wildman–Crippen LogP) is 2.19. The van der Waals surface area contributed by atoms with Crippen LogP contribution in [0.5, 0.6) is 0 Å². The number of carbonyl (C=O) groups excluding carboxylic acids is 1. The van der Waals surface area contributed by atoms with Crippen molar-refractivity contribution in [1.29, 1.82) is 0 Å². The van der Waals surface area contributed by atoms with E-state index >= 15 is 0 Å². The van der Waals surface area contributed by atoms with E-state index in [1.165, 1.54) is 6.92 Å². The lowest BCUT2D eigenvalue weighted by molar-refractivity contribution is -0.140. The van der Waals surface area contributed by atoms with Gasteiger partial charge < -0.3 is 4.74 Å². The van der Waals surface area contributed by atoms with Crippen LogP contribution in [0, 0.1) is 0 Å². The summed E-state index contributed by atoms with van der Waals surface area (Å²) in [5, 5.41) is -0.794. The van der Waals surface area contributed by atoms with E-state index < -0.39 is 16.7 Å². The molecule has 1 atom stereocenters. The molecule has 72 valence electrons. The van der Waals surface area contributed by atoms with Crippen LogP contribution in [0.1, 0.15) is 13.3 Å². The molecular weight excluding hydrogens is 193 g/mol. The molecule has 0 saturated heterocycles. The Morgan fingerprint density at radius 1 is 1.58 bits per heavy atom. The highest BCUT2D eigenvalue weighted by Crippen LogP contribution is 2.34. The van der Waals surface area contributed by atoms with E-state index in [9.17, 15) is 18.0 Å². The number of ether oxygens (including phenoxy) is 1. The molecule has 0 aliphatic rings. The Hall–Kier alpha value is -0.390. The predicted molar refractivity (Wildman–Crippen MR) is 39.7 cm³/mol. The van der Waals surface area contributed by atoms with Crippen molar-refractivity contribution >= 4 is 17.7 Å². The Balaban J connectivity index is 3.74. The largest absolute Gasteiger partial charge is 0.469 e. The zero-order chi connectivity index (χ0) is 9.78. The van der Waals surface area contributed by atoms with Gasteiger partial charge in [0, 0.05) is 5.25 Å². The second kappa shape index (κ2) is 4.59. The van der Waals surface area contributed by atoms with E-state index in [0.29, 0.717) is 0 Å². The lowest BCUT2D eigenvalue weighted by atomic mass is 10.3. The Labute approximate surface area is 72.5 Å². The number of hydrogen-bond acceptors (Lipinski definition) is 3. The van der Waals surface area contributed by atoms with Gasteiger partial charge in [-0.3, -0.25) is 4.79 Å². The summed E-state index contributed by atoms with van der Waals surface area (Å²) in [5.41, 5.74) is -4.28. The van der Waals surface area contributed by atoms with Crippen LogP contribution in [-0.4, -0.2) is 23.8 Å². The molecule has 0 heterocycles. The third kappa shape index (κ3) is 6.33.